The zero-order valence-corrected chi connectivity index (χ0v) is 20.6. The van der Waals surface area contributed by atoms with E-state index in [4.69, 9.17) is 14.2 Å². The molecule has 2 N–H and O–H groups in total. The van der Waals surface area contributed by atoms with Gasteiger partial charge in [-0.25, -0.2) is 4.79 Å². The lowest BCUT2D eigenvalue weighted by Crippen LogP contribution is -2.49. The molecule has 0 aromatic carbocycles. The van der Waals surface area contributed by atoms with E-state index in [1.165, 1.54) is 11.6 Å². The van der Waals surface area contributed by atoms with Gasteiger partial charge >= 0.3 is 5.97 Å². The van der Waals surface area contributed by atoms with E-state index in [9.17, 15) is 15.0 Å². The van der Waals surface area contributed by atoms with Crippen LogP contribution in [0, 0.1) is 11.8 Å². The van der Waals surface area contributed by atoms with Crippen molar-refractivity contribution in [2.45, 2.75) is 122 Å². The maximum Gasteiger partial charge on any atom is 0.330 e. The van der Waals surface area contributed by atoms with Crippen molar-refractivity contribution in [1.82, 2.24) is 0 Å². The second-order valence-electron chi connectivity index (χ2n) is 10.9. The van der Waals surface area contributed by atoms with Crippen molar-refractivity contribution in [3.8, 4) is 0 Å². The minimum atomic E-state index is -1.66. The van der Waals surface area contributed by atoms with Crippen LogP contribution in [0.2, 0.25) is 0 Å². The highest BCUT2D eigenvalue weighted by Crippen LogP contribution is 2.44. The summed E-state index contributed by atoms with van der Waals surface area (Å²) in [7, 11) is 0. The van der Waals surface area contributed by atoms with Gasteiger partial charge in [0, 0.05) is 31.3 Å². The molecule has 1 unspecified atom stereocenters. The van der Waals surface area contributed by atoms with Crippen molar-refractivity contribution in [2.24, 2.45) is 11.8 Å². The second-order valence-corrected chi connectivity index (χ2v) is 10.9. The van der Waals surface area contributed by atoms with Crippen molar-refractivity contribution in [3.05, 3.63) is 23.8 Å². The first kappa shape index (κ1) is 25.4. The molecule has 0 aromatic heterocycles. The van der Waals surface area contributed by atoms with Gasteiger partial charge in [0.1, 0.15) is 11.7 Å². The van der Waals surface area contributed by atoms with Crippen molar-refractivity contribution < 1.29 is 29.2 Å². The van der Waals surface area contributed by atoms with E-state index in [2.05, 4.69) is 33.8 Å². The first-order valence-electron chi connectivity index (χ1n) is 12.2. The normalized spacial score (nSPS) is 48.6. The number of carbonyl (C=O) groups is 1. The number of allylic oxidation sites excluding steroid dienone is 2. The molecule has 32 heavy (non-hydrogen) atoms. The average molecular weight is 451 g/mol. The van der Waals surface area contributed by atoms with Crippen LogP contribution in [-0.4, -0.2) is 51.5 Å². The fourth-order valence-corrected chi connectivity index (χ4v) is 5.58. The van der Waals surface area contributed by atoms with Gasteiger partial charge in [-0.2, -0.15) is 0 Å². The Kier molecular flexibility index (Phi) is 7.60. The molecule has 3 aliphatic rings. The monoisotopic (exact) mass is 450 g/mol. The Morgan fingerprint density at radius 2 is 1.78 bits per heavy atom. The number of hydrogen-bond acceptors (Lipinski definition) is 6. The zero-order valence-electron chi connectivity index (χ0n) is 20.6. The Hall–Kier alpha value is -1.21. The van der Waals surface area contributed by atoms with E-state index < -0.39 is 17.4 Å². The molecule has 6 nitrogen and oxygen atoms in total. The van der Waals surface area contributed by atoms with Gasteiger partial charge in [-0.05, 0) is 46.0 Å². The van der Waals surface area contributed by atoms with Crippen LogP contribution < -0.4 is 0 Å². The van der Waals surface area contributed by atoms with Crippen LogP contribution in [0.15, 0.2) is 23.8 Å². The molecule has 3 aliphatic heterocycles. The molecule has 0 amide bonds. The van der Waals surface area contributed by atoms with Gasteiger partial charge in [0.25, 0.3) is 0 Å². The Labute approximate surface area is 193 Å². The predicted molar refractivity (Wildman–Crippen MR) is 123 cm³/mol. The van der Waals surface area contributed by atoms with Crippen LogP contribution in [0.25, 0.3) is 0 Å². The van der Waals surface area contributed by atoms with Crippen molar-refractivity contribution in [1.29, 1.82) is 0 Å². The number of aliphatic hydroxyl groups is 2. The molecule has 0 saturated carbocycles. The van der Waals surface area contributed by atoms with Crippen LogP contribution in [-0.2, 0) is 19.0 Å². The number of esters is 1. The molecular formula is C26H42O6. The van der Waals surface area contributed by atoms with E-state index >= 15 is 0 Å². The Balaban J connectivity index is 1.85. The van der Waals surface area contributed by atoms with Crippen LogP contribution in [0.4, 0.5) is 0 Å². The van der Waals surface area contributed by atoms with Crippen molar-refractivity contribution in [3.63, 3.8) is 0 Å². The number of rotatable bonds is 2. The third kappa shape index (κ3) is 5.64. The molecule has 3 heterocycles. The smallest absolute Gasteiger partial charge is 0.330 e. The Bertz CT molecular complexity index is 743. The van der Waals surface area contributed by atoms with Crippen molar-refractivity contribution >= 4 is 5.97 Å². The standard InChI is InChI=1S/C26H42O6/c1-7-12-24(5)15-22-20(31-24)10-8-17(2)13-19(4)21-16-25(6,28)26(29,32-21)14-18(3)9-11-23(27)30-22/h9,11,13,18-22,28-29H,7-8,10,12,14-16H2,1-6H3/b11-9+,17-13+/t18-,19-,20+,21-,22-,24-,25-,26?/m1/s1. The Morgan fingerprint density at radius 1 is 1.06 bits per heavy atom. The summed E-state index contributed by atoms with van der Waals surface area (Å²) >= 11 is 0. The third-order valence-corrected chi connectivity index (χ3v) is 7.43. The highest BCUT2D eigenvalue weighted by atomic mass is 16.7. The molecule has 0 spiro atoms. The molecule has 3 rings (SSSR count). The maximum absolute atomic E-state index is 12.6. The SMILES string of the molecule is CCC[C@]1(C)C[C@H]2OC(=O)/C=C/[C@@H](C)CC3(O)O[C@H](C[C@@]3(C)O)[C@H](C)/C=C(\C)CC[C@@H]2O1. The lowest BCUT2D eigenvalue weighted by Gasteiger charge is -2.35. The van der Waals surface area contributed by atoms with Crippen molar-refractivity contribution in [2.75, 3.05) is 0 Å². The van der Waals surface area contributed by atoms with E-state index in [-0.39, 0.29) is 42.2 Å². The lowest BCUT2D eigenvalue weighted by atomic mass is 9.85. The summed E-state index contributed by atoms with van der Waals surface area (Å²) in [6, 6.07) is 0. The zero-order chi connectivity index (χ0) is 23.7. The molecular weight excluding hydrogens is 408 g/mol. The molecule has 2 saturated heterocycles. The average Bonchev–Trinajstić information content (AvgIpc) is 3.10. The second kappa shape index (κ2) is 9.57. The minimum absolute atomic E-state index is 0.0535. The maximum atomic E-state index is 12.6. The summed E-state index contributed by atoms with van der Waals surface area (Å²) in [5.74, 6) is -2.18. The van der Waals surface area contributed by atoms with E-state index in [1.54, 1.807) is 13.0 Å². The number of carbonyl (C=O) groups excluding carboxylic acids is 1. The summed E-state index contributed by atoms with van der Waals surface area (Å²) in [6.45, 7) is 11.9. The number of ether oxygens (including phenoxy) is 3. The first-order chi connectivity index (χ1) is 14.9. The molecule has 2 fully saturated rings. The topological polar surface area (TPSA) is 85.2 Å². The molecule has 8 atom stereocenters. The fourth-order valence-electron chi connectivity index (χ4n) is 5.58. The molecule has 0 radical (unpaired) electrons. The number of fused-ring (bicyclic) bond motifs is 3. The molecule has 2 bridgehead atoms. The summed E-state index contributed by atoms with van der Waals surface area (Å²) in [5.41, 5.74) is -0.426. The number of hydrogen-bond donors (Lipinski definition) is 2. The van der Waals surface area contributed by atoms with Crippen LogP contribution in [0.3, 0.4) is 0 Å². The summed E-state index contributed by atoms with van der Waals surface area (Å²) in [4.78, 5) is 12.6. The van der Waals surface area contributed by atoms with Gasteiger partial charge < -0.3 is 24.4 Å². The third-order valence-electron chi connectivity index (χ3n) is 7.43. The summed E-state index contributed by atoms with van der Waals surface area (Å²) < 4.78 is 18.3. The quantitative estimate of drug-likeness (QED) is 0.478. The van der Waals surface area contributed by atoms with Gasteiger partial charge in [-0.3, -0.25) is 0 Å². The minimum Gasteiger partial charge on any atom is -0.456 e. The molecule has 0 aliphatic carbocycles. The fraction of sp³-hybridized carbons (Fsp3) is 0.808. The Morgan fingerprint density at radius 3 is 2.47 bits per heavy atom. The summed E-state index contributed by atoms with van der Waals surface area (Å²) in [6.07, 6.45) is 9.48. The molecule has 6 heteroatoms. The van der Waals surface area contributed by atoms with Gasteiger partial charge in [0.2, 0.25) is 0 Å². The van der Waals surface area contributed by atoms with Gasteiger partial charge in [-0.15, -0.1) is 0 Å². The van der Waals surface area contributed by atoms with E-state index in [0.29, 0.717) is 12.8 Å². The summed E-state index contributed by atoms with van der Waals surface area (Å²) in [5, 5.41) is 22.1. The highest BCUT2D eigenvalue weighted by Gasteiger charge is 2.56. The van der Waals surface area contributed by atoms with Crippen LogP contribution in [0.1, 0.15) is 86.5 Å². The highest BCUT2D eigenvalue weighted by molar-refractivity contribution is 5.82. The molecule has 0 aromatic rings. The largest absolute Gasteiger partial charge is 0.456 e. The molecule has 182 valence electrons. The van der Waals surface area contributed by atoms with E-state index in [0.717, 1.165) is 25.7 Å². The predicted octanol–water partition coefficient (Wildman–Crippen LogP) is 4.43. The van der Waals surface area contributed by atoms with E-state index in [1.807, 2.05) is 6.92 Å². The van der Waals surface area contributed by atoms with Gasteiger partial charge in [-0.1, -0.05) is 44.9 Å². The van der Waals surface area contributed by atoms with Crippen LogP contribution in [0.5, 0.6) is 0 Å². The van der Waals surface area contributed by atoms with Gasteiger partial charge in [0.05, 0.1) is 17.8 Å². The van der Waals surface area contributed by atoms with Crippen LogP contribution >= 0.6 is 0 Å². The first-order valence-corrected chi connectivity index (χ1v) is 12.2. The van der Waals surface area contributed by atoms with Gasteiger partial charge in [0.15, 0.2) is 5.79 Å². The lowest BCUT2D eigenvalue weighted by molar-refractivity contribution is -0.266.